The van der Waals surface area contributed by atoms with Crippen LogP contribution in [-0.2, 0) is 19.2 Å². The number of carbonyl (C=O) groups excluding carboxylic acids is 4. The highest BCUT2D eigenvalue weighted by Gasteiger charge is 2.39. The zero-order valence-corrected chi connectivity index (χ0v) is 28.1. The number of rotatable bonds is 2. The first-order chi connectivity index (χ1) is 19.8. The Balaban J connectivity index is 0.000000238. The van der Waals surface area contributed by atoms with Gasteiger partial charge in [0.15, 0.2) is 0 Å². The molecule has 2 aliphatic rings. The van der Waals surface area contributed by atoms with E-state index in [1.54, 1.807) is 7.05 Å². The molecule has 0 aliphatic carbocycles. The second-order valence-electron chi connectivity index (χ2n) is 12.0. The van der Waals surface area contributed by atoms with Crippen molar-refractivity contribution in [1.82, 2.24) is 9.80 Å². The topological polar surface area (TPSA) is 87.9 Å². The summed E-state index contributed by atoms with van der Waals surface area (Å²) in [6.07, 6.45) is 1.90. The number of hydrogen-bond donors (Lipinski definition) is 0. The highest BCUT2D eigenvalue weighted by atomic mass is 16.3. The van der Waals surface area contributed by atoms with E-state index in [4.69, 9.17) is 4.42 Å². The van der Waals surface area contributed by atoms with Crippen LogP contribution in [0, 0.1) is 48.5 Å². The highest BCUT2D eigenvalue weighted by Crippen LogP contribution is 2.35. The Kier molecular flexibility index (Phi) is 9.40. The summed E-state index contributed by atoms with van der Waals surface area (Å²) in [5.74, 6) is 0.638. The van der Waals surface area contributed by atoms with Crippen LogP contribution >= 0.6 is 0 Å². The Morgan fingerprint density at radius 2 is 1.02 bits per heavy atom. The second kappa shape index (κ2) is 12.2. The van der Waals surface area contributed by atoms with E-state index in [-0.39, 0.29) is 23.6 Å². The lowest BCUT2D eigenvalue weighted by atomic mass is 9.88. The van der Waals surface area contributed by atoms with Gasteiger partial charge >= 0.3 is 0 Å². The molecular formula is C36H44N2O5. The highest BCUT2D eigenvalue weighted by molar-refractivity contribution is 6.28. The Bertz CT molecular complexity index is 1680. The first-order valence-corrected chi connectivity index (χ1v) is 14.4. The molecule has 0 saturated carbocycles. The Hall–Kier alpha value is -4.26. The van der Waals surface area contributed by atoms with Crippen molar-refractivity contribution in [2.75, 3.05) is 14.1 Å². The number of amides is 4. The molecule has 3 heterocycles. The first kappa shape index (κ1) is 33.2. The summed E-state index contributed by atoms with van der Waals surface area (Å²) in [5.41, 5.74) is 12.6. The number of benzene rings is 1. The maximum Gasteiger partial charge on any atom is 0.261 e. The number of hydrogen-bond acceptors (Lipinski definition) is 5. The molecule has 0 N–H and O–H groups in total. The molecule has 0 unspecified atom stereocenters. The van der Waals surface area contributed by atoms with E-state index >= 15 is 0 Å². The summed E-state index contributed by atoms with van der Waals surface area (Å²) in [4.78, 5) is 51.7. The average Bonchev–Trinajstić information content (AvgIpc) is 3.48. The van der Waals surface area contributed by atoms with Gasteiger partial charge in [0.25, 0.3) is 23.6 Å². The molecule has 1 aromatic carbocycles. The molecule has 2 fully saturated rings. The van der Waals surface area contributed by atoms with Crippen LogP contribution in [0.15, 0.2) is 43.9 Å². The van der Waals surface area contributed by atoms with Gasteiger partial charge < -0.3 is 4.42 Å². The summed E-state index contributed by atoms with van der Waals surface area (Å²) in [6.45, 7) is 23.5. The lowest BCUT2D eigenvalue weighted by molar-refractivity contribution is -0.136. The molecule has 43 heavy (non-hydrogen) atoms. The van der Waals surface area contributed by atoms with Crippen molar-refractivity contribution < 1.29 is 23.6 Å². The molecule has 4 amide bonds. The van der Waals surface area contributed by atoms with E-state index in [1.807, 2.05) is 60.6 Å². The standard InChI is InChI=1S/C20H25NO2.C16H19NO3/c1-10(2)18-17(19(22)21(8)20(18)23)9-16-14(6)12(4)11(3)13(5)15(16)7;1-8(2)13-14(16(19)17(6)15(13)18)10(4)12-7-9(3)20-11(12)5/h9H,1-8H3;7H,1-6H3/b17-9+;14-10+. The Labute approximate surface area is 255 Å². The van der Waals surface area contributed by atoms with Gasteiger partial charge in [-0.05, 0) is 134 Å². The van der Waals surface area contributed by atoms with Crippen LogP contribution < -0.4 is 0 Å². The quantitative estimate of drug-likeness (QED) is 0.282. The normalized spacial score (nSPS) is 17.4. The summed E-state index contributed by atoms with van der Waals surface area (Å²) >= 11 is 0. The number of imide groups is 2. The van der Waals surface area contributed by atoms with Crippen LogP contribution in [0.1, 0.15) is 85.1 Å². The molecule has 0 spiro atoms. The molecule has 0 atom stereocenters. The minimum atomic E-state index is -0.248. The van der Waals surface area contributed by atoms with Crippen LogP contribution in [0.5, 0.6) is 0 Å². The molecule has 0 bridgehead atoms. The molecule has 2 saturated heterocycles. The van der Waals surface area contributed by atoms with Crippen molar-refractivity contribution in [2.24, 2.45) is 0 Å². The zero-order chi connectivity index (χ0) is 32.8. The summed E-state index contributed by atoms with van der Waals surface area (Å²) < 4.78 is 5.52. The van der Waals surface area contributed by atoms with Crippen LogP contribution in [0.2, 0.25) is 0 Å². The van der Waals surface area contributed by atoms with Gasteiger partial charge in [-0.1, -0.05) is 11.1 Å². The smallest absolute Gasteiger partial charge is 0.261 e. The SMILES string of the molecule is CC(C)=C1C(=O)N(C)C(=O)/C1=C(\C)c1cc(C)oc1C.CC(C)=C1C(=O)N(C)C(=O)/C1=C/c1c(C)c(C)c(C)c(C)c1C. The Morgan fingerprint density at radius 3 is 1.47 bits per heavy atom. The van der Waals surface area contributed by atoms with Crippen molar-refractivity contribution in [2.45, 2.75) is 83.1 Å². The zero-order valence-electron chi connectivity index (χ0n) is 28.1. The van der Waals surface area contributed by atoms with Crippen molar-refractivity contribution in [3.05, 3.63) is 90.0 Å². The number of furan rings is 1. The minimum Gasteiger partial charge on any atom is -0.466 e. The van der Waals surface area contributed by atoms with Crippen LogP contribution in [-0.4, -0.2) is 47.5 Å². The fourth-order valence-corrected chi connectivity index (χ4v) is 5.76. The van der Waals surface area contributed by atoms with E-state index in [9.17, 15) is 19.2 Å². The van der Waals surface area contributed by atoms with Gasteiger partial charge in [0.05, 0.1) is 22.3 Å². The van der Waals surface area contributed by atoms with Crippen molar-refractivity contribution in [3.8, 4) is 0 Å². The molecule has 2 aliphatic heterocycles. The van der Waals surface area contributed by atoms with Crippen molar-refractivity contribution in [1.29, 1.82) is 0 Å². The third-order valence-corrected chi connectivity index (χ3v) is 8.78. The van der Waals surface area contributed by atoms with Gasteiger partial charge in [-0.15, -0.1) is 0 Å². The molecule has 7 nitrogen and oxygen atoms in total. The predicted octanol–water partition coefficient (Wildman–Crippen LogP) is 6.95. The summed E-state index contributed by atoms with van der Waals surface area (Å²) in [7, 11) is 3.06. The van der Waals surface area contributed by atoms with Gasteiger partial charge in [0, 0.05) is 19.7 Å². The van der Waals surface area contributed by atoms with Gasteiger partial charge in [0.1, 0.15) is 11.5 Å². The van der Waals surface area contributed by atoms with Gasteiger partial charge in [-0.2, -0.15) is 0 Å². The number of nitrogens with zero attached hydrogens (tertiary/aromatic N) is 2. The third kappa shape index (κ3) is 5.73. The van der Waals surface area contributed by atoms with E-state index in [1.165, 1.54) is 44.7 Å². The van der Waals surface area contributed by atoms with E-state index in [0.717, 1.165) is 39.4 Å². The first-order valence-electron chi connectivity index (χ1n) is 14.4. The molecular weight excluding hydrogens is 540 g/mol. The number of carbonyl (C=O) groups is 4. The largest absolute Gasteiger partial charge is 0.466 e. The van der Waals surface area contributed by atoms with Gasteiger partial charge in [-0.25, -0.2) is 0 Å². The molecule has 1 aromatic heterocycles. The molecule has 2 aromatic rings. The summed E-state index contributed by atoms with van der Waals surface area (Å²) in [6, 6.07) is 1.90. The molecule has 0 radical (unpaired) electrons. The van der Waals surface area contributed by atoms with Crippen LogP contribution in [0.25, 0.3) is 11.6 Å². The maximum absolute atomic E-state index is 12.5. The maximum atomic E-state index is 12.5. The number of allylic oxidation sites excluding steroid dienone is 3. The van der Waals surface area contributed by atoms with E-state index in [2.05, 4.69) is 34.6 Å². The second-order valence-corrected chi connectivity index (χ2v) is 12.0. The number of aryl methyl sites for hydroxylation is 2. The third-order valence-electron chi connectivity index (χ3n) is 8.78. The van der Waals surface area contributed by atoms with Gasteiger partial charge in [-0.3, -0.25) is 29.0 Å². The lowest BCUT2D eigenvalue weighted by Gasteiger charge is -2.17. The fraction of sp³-hybridized carbons (Fsp3) is 0.389. The monoisotopic (exact) mass is 584 g/mol. The van der Waals surface area contributed by atoms with Crippen LogP contribution in [0.3, 0.4) is 0 Å². The fourth-order valence-electron chi connectivity index (χ4n) is 5.76. The van der Waals surface area contributed by atoms with E-state index in [0.29, 0.717) is 22.3 Å². The number of likely N-dealkylation sites (N-methyl/N-ethyl adjacent to an activating group) is 2. The average molecular weight is 585 g/mol. The van der Waals surface area contributed by atoms with Crippen molar-refractivity contribution in [3.63, 3.8) is 0 Å². The summed E-state index contributed by atoms with van der Waals surface area (Å²) in [5, 5.41) is 0. The number of likely N-dealkylation sites (tertiary alicyclic amines) is 2. The van der Waals surface area contributed by atoms with E-state index < -0.39 is 0 Å². The van der Waals surface area contributed by atoms with Crippen LogP contribution in [0.4, 0.5) is 0 Å². The molecule has 228 valence electrons. The van der Waals surface area contributed by atoms with Crippen molar-refractivity contribution >= 4 is 35.3 Å². The Morgan fingerprint density at radius 1 is 0.605 bits per heavy atom. The minimum absolute atomic E-state index is 0.211. The molecule has 4 rings (SSSR count). The molecule has 7 heteroatoms. The lowest BCUT2D eigenvalue weighted by Crippen LogP contribution is -2.24. The van der Waals surface area contributed by atoms with Gasteiger partial charge in [0.2, 0.25) is 0 Å². The predicted molar refractivity (Wildman–Crippen MR) is 171 cm³/mol.